The van der Waals surface area contributed by atoms with E-state index in [4.69, 9.17) is 16.3 Å². The first kappa shape index (κ1) is 16.6. The van der Waals surface area contributed by atoms with Crippen LogP contribution in [0.4, 0.5) is 8.78 Å². The molecule has 1 aliphatic rings. The summed E-state index contributed by atoms with van der Waals surface area (Å²) in [5.74, 6) is -2.12. The molecule has 3 nitrogen and oxygen atoms in total. The molecule has 0 unspecified atom stereocenters. The van der Waals surface area contributed by atoms with Crippen molar-refractivity contribution in [3.63, 3.8) is 0 Å². The van der Waals surface area contributed by atoms with Crippen LogP contribution in [0, 0.1) is 6.92 Å². The molecule has 0 spiro atoms. The topological polar surface area (TPSA) is 34.5 Å². The van der Waals surface area contributed by atoms with E-state index in [-0.39, 0.29) is 22.2 Å². The molecule has 0 fully saturated rings. The standard InChI is InChI=1S/C18H15ClF2N2O/c1-11-5-3-4-6-13(11)15-7-8-22-17(24-15)16-14(19)9-12(10-23-16)18(2,20)21/h3-7,9-10H,8H2,1-2H3. The number of rotatable bonds is 3. The molecule has 0 atom stereocenters. The van der Waals surface area contributed by atoms with Crippen molar-refractivity contribution in [1.29, 1.82) is 0 Å². The Morgan fingerprint density at radius 1 is 1.25 bits per heavy atom. The predicted octanol–water partition coefficient (Wildman–Crippen LogP) is 4.97. The molecule has 2 heterocycles. The van der Waals surface area contributed by atoms with Crippen molar-refractivity contribution in [2.45, 2.75) is 19.8 Å². The monoisotopic (exact) mass is 348 g/mol. The maximum absolute atomic E-state index is 13.4. The van der Waals surface area contributed by atoms with E-state index in [0.29, 0.717) is 12.3 Å². The Kier molecular flexibility index (Phi) is 4.37. The Labute approximate surface area is 143 Å². The van der Waals surface area contributed by atoms with Crippen LogP contribution in [0.2, 0.25) is 5.02 Å². The second kappa shape index (κ2) is 6.32. The molecule has 1 aromatic heterocycles. The van der Waals surface area contributed by atoms with Gasteiger partial charge < -0.3 is 4.74 Å². The fraction of sp³-hybridized carbons (Fsp3) is 0.222. The SMILES string of the molecule is Cc1ccccc1C1=CCN=C(c2ncc(C(C)(F)F)cc2Cl)O1. The van der Waals surface area contributed by atoms with Gasteiger partial charge in [-0.25, -0.2) is 18.8 Å². The fourth-order valence-corrected chi connectivity index (χ4v) is 2.61. The predicted molar refractivity (Wildman–Crippen MR) is 90.5 cm³/mol. The van der Waals surface area contributed by atoms with E-state index in [9.17, 15) is 8.78 Å². The van der Waals surface area contributed by atoms with Crippen LogP contribution in [0.3, 0.4) is 0 Å². The second-order valence-electron chi connectivity index (χ2n) is 5.57. The summed E-state index contributed by atoms with van der Waals surface area (Å²) < 4.78 is 32.6. The second-order valence-corrected chi connectivity index (χ2v) is 5.98. The van der Waals surface area contributed by atoms with Crippen molar-refractivity contribution in [1.82, 2.24) is 4.98 Å². The van der Waals surface area contributed by atoms with Crippen LogP contribution in [0.15, 0.2) is 47.6 Å². The Morgan fingerprint density at radius 3 is 2.67 bits per heavy atom. The molecular formula is C18H15ClF2N2O. The molecule has 0 saturated carbocycles. The van der Waals surface area contributed by atoms with Crippen LogP contribution in [0.1, 0.15) is 29.3 Å². The number of hydrogen-bond acceptors (Lipinski definition) is 3. The molecule has 124 valence electrons. The molecular weight excluding hydrogens is 334 g/mol. The average molecular weight is 349 g/mol. The van der Waals surface area contributed by atoms with Gasteiger partial charge in [-0.3, -0.25) is 0 Å². The highest BCUT2D eigenvalue weighted by atomic mass is 35.5. The molecule has 0 N–H and O–H groups in total. The Balaban J connectivity index is 1.89. The normalized spacial score (nSPS) is 14.7. The van der Waals surface area contributed by atoms with Crippen LogP contribution in [0.25, 0.3) is 5.76 Å². The summed E-state index contributed by atoms with van der Waals surface area (Å²) in [6.07, 6.45) is 2.95. The van der Waals surface area contributed by atoms with Crippen molar-refractivity contribution < 1.29 is 13.5 Å². The van der Waals surface area contributed by atoms with E-state index >= 15 is 0 Å². The molecule has 0 saturated heterocycles. The number of ether oxygens (including phenoxy) is 1. The van der Waals surface area contributed by atoms with Crippen molar-refractivity contribution >= 4 is 23.3 Å². The Hall–Kier alpha value is -2.27. The summed E-state index contributed by atoms with van der Waals surface area (Å²) in [7, 11) is 0. The van der Waals surface area contributed by atoms with Crippen molar-refractivity contribution in [2.75, 3.05) is 6.54 Å². The molecule has 0 amide bonds. The lowest BCUT2D eigenvalue weighted by molar-refractivity contribution is 0.0171. The highest BCUT2D eigenvalue weighted by molar-refractivity contribution is 6.33. The maximum Gasteiger partial charge on any atom is 0.272 e. The lowest BCUT2D eigenvalue weighted by Crippen LogP contribution is -2.15. The summed E-state index contributed by atoms with van der Waals surface area (Å²) in [5.41, 5.74) is 2.01. The average Bonchev–Trinajstić information content (AvgIpc) is 2.54. The van der Waals surface area contributed by atoms with Gasteiger partial charge >= 0.3 is 0 Å². The van der Waals surface area contributed by atoms with Gasteiger partial charge in [-0.15, -0.1) is 0 Å². The van der Waals surface area contributed by atoms with Gasteiger partial charge in [0.2, 0.25) is 5.90 Å². The van der Waals surface area contributed by atoms with Gasteiger partial charge in [0.25, 0.3) is 5.92 Å². The molecule has 2 aromatic rings. The van der Waals surface area contributed by atoms with Crippen molar-refractivity contribution in [3.8, 4) is 0 Å². The zero-order chi connectivity index (χ0) is 17.3. The number of pyridine rings is 1. The van der Waals surface area contributed by atoms with Crippen molar-refractivity contribution in [2.24, 2.45) is 4.99 Å². The number of hydrogen-bond donors (Lipinski definition) is 0. The van der Waals surface area contributed by atoms with E-state index in [2.05, 4.69) is 9.98 Å². The van der Waals surface area contributed by atoms with Gasteiger partial charge in [-0.2, -0.15) is 0 Å². The molecule has 6 heteroatoms. The zero-order valence-corrected chi connectivity index (χ0v) is 13.9. The van der Waals surface area contributed by atoms with Crippen LogP contribution in [0.5, 0.6) is 0 Å². The minimum Gasteiger partial charge on any atom is -0.437 e. The van der Waals surface area contributed by atoms with Crippen molar-refractivity contribution in [3.05, 3.63) is 70.0 Å². The number of nitrogens with zero attached hydrogens (tertiary/aromatic N) is 2. The summed E-state index contributed by atoms with van der Waals surface area (Å²) in [4.78, 5) is 8.27. The summed E-state index contributed by atoms with van der Waals surface area (Å²) in [5, 5.41) is 0.0822. The minimum absolute atomic E-state index is 0.0822. The maximum atomic E-state index is 13.4. The molecule has 0 aliphatic carbocycles. The molecule has 3 rings (SSSR count). The quantitative estimate of drug-likeness (QED) is 0.784. The third-order valence-corrected chi connectivity index (χ3v) is 3.97. The smallest absolute Gasteiger partial charge is 0.272 e. The molecule has 0 radical (unpaired) electrons. The van der Waals surface area contributed by atoms with Gasteiger partial charge in [-0.1, -0.05) is 35.9 Å². The van der Waals surface area contributed by atoms with E-state index < -0.39 is 5.92 Å². The first-order chi connectivity index (χ1) is 11.4. The summed E-state index contributed by atoms with van der Waals surface area (Å²) in [6, 6.07) is 8.98. The van der Waals surface area contributed by atoms with E-state index in [0.717, 1.165) is 24.2 Å². The van der Waals surface area contributed by atoms with E-state index in [1.807, 2.05) is 37.3 Å². The van der Waals surface area contributed by atoms with Crippen LogP contribution >= 0.6 is 11.6 Å². The van der Waals surface area contributed by atoms with Crippen LogP contribution < -0.4 is 0 Å². The van der Waals surface area contributed by atoms with Gasteiger partial charge in [0.15, 0.2) is 0 Å². The first-order valence-corrected chi connectivity index (χ1v) is 7.77. The number of aromatic nitrogens is 1. The highest BCUT2D eigenvalue weighted by Crippen LogP contribution is 2.31. The van der Waals surface area contributed by atoms with Gasteiger partial charge in [0.05, 0.1) is 11.6 Å². The summed E-state index contributed by atoms with van der Waals surface area (Å²) >= 11 is 6.12. The molecule has 1 aliphatic heterocycles. The number of benzene rings is 1. The van der Waals surface area contributed by atoms with Gasteiger partial charge in [-0.05, 0) is 24.6 Å². The van der Waals surface area contributed by atoms with Crippen LogP contribution in [-0.4, -0.2) is 17.4 Å². The minimum atomic E-state index is -3.00. The van der Waals surface area contributed by atoms with E-state index in [1.165, 1.54) is 6.07 Å². The summed E-state index contributed by atoms with van der Waals surface area (Å²) in [6.45, 7) is 3.19. The number of aryl methyl sites for hydroxylation is 1. The van der Waals surface area contributed by atoms with E-state index in [1.54, 1.807) is 0 Å². The van der Waals surface area contributed by atoms with Gasteiger partial charge in [0.1, 0.15) is 11.5 Å². The number of halogens is 3. The largest absolute Gasteiger partial charge is 0.437 e. The Bertz CT molecular complexity index is 841. The third-order valence-electron chi connectivity index (χ3n) is 3.68. The lowest BCUT2D eigenvalue weighted by atomic mass is 10.1. The Morgan fingerprint density at radius 2 is 2.00 bits per heavy atom. The number of alkyl halides is 2. The van der Waals surface area contributed by atoms with Gasteiger partial charge in [0, 0.05) is 24.2 Å². The lowest BCUT2D eigenvalue weighted by Gasteiger charge is -2.18. The molecule has 1 aromatic carbocycles. The zero-order valence-electron chi connectivity index (χ0n) is 13.2. The number of aliphatic imine (C=N–C) groups is 1. The fourth-order valence-electron chi connectivity index (χ4n) is 2.36. The van der Waals surface area contributed by atoms with Crippen LogP contribution in [-0.2, 0) is 10.7 Å². The first-order valence-electron chi connectivity index (χ1n) is 7.39. The third kappa shape index (κ3) is 3.31. The highest BCUT2D eigenvalue weighted by Gasteiger charge is 2.27. The molecule has 0 bridgehead atoms. The molecule has 24 heavy (non-hydrogen) atoms.